The number of carbonyl (C=O) groups is 2. The SMILES string of the molecule is COc1cccc2c1C(=O)c1c(O)c3c(c(O)c1C2=O)C[C@@H](/C(CO)=N\NC(C)C)CC3.OC1CCCCO1. The zero-order chi connectivity index (χ0) is 28.3. The van der Waals surface area contributed by atoms with Gasteiger partial charge in [-0.05, 0) is 58.4 Å². The smallest absolute Gasteiger partial charge is 0.202 e. The predicted octanol–water partition coefficient (Wildman–Crippen LogP) is 2.84. The van der Waals surface area contributed by atoms with Gasteiger partial charge in [0, 0.05) is 35.3 Å². The molecule has 5 N–H and O–H groups in total. The van der Waals surface area contributed by atoms with Crippen LogP contribution in [-0.4, -0.2) is 70.4 Å². The van der Waals surface area contributed by atoms with E-state index in [2.05, 4.69) is 10.5 Å². The molecule has 1 aliphatic heterocycles. The second kappa shape index (κ2) is 12.1. The third-order valence-electron chi connectivity index (χ3n) is 7.28. The summed E-state index contributed by atoms with van der Waals surface area (Å²) in [7, 11) is 1.40. The van der Waals surface area contributed by atoms with Crippen molar-refractivity contribution in [2.24, 2.45) is 11.0 Å². The summed E-state index contributed by atoms with van der Waals surface area (Å²) in [6, 6.07) is 4.78. The van der Waals surface area contributed by atoms with E-state index >= 15 is 0 Å². The van der Waals surface area contributed by atoms with Gasteiger partial charge in [0.2, 0.25) is 5.78 Å². The number of nitrogens with one attached hydrogen (secondary N) is 1. The van der Waals surface area contributed by atoms with Crippen LogP contribution in [0.3, 0.4) is 0 Å². The van der Waals surface area contributed by atoms with E-state index in [1.165, 1.54) is 13.2 Å². The van der Waals surface area contributed by atoms with Gasteiger partial charge >= 0.3 is 0 Å². The summed E-state index contributed by atoms with van der Waals surface area (Å²) < 4.78 is 10.1. The molecule has 0 radical (unpaired) electrons. The highest BCUT2D eigenvalue weighted by atomic mass is 16.6. The van der Waals surface area contributed by atoms with Gasteiger partial charge in [-0.3, -0.25) is 9.59 Å². The van der Waals surface area contributed by atoms with Gasteiger partial charge in [-0.2, -0.15) is 5.10 Å². The highest BCUT2D eigenvalue weighted by Gasteiger charge is 2.40. The highest BCUT2D eigenvalue weighted by molar-refractivity contribution is 6.31. The molecular formula is C29H36N2O8. The Balaban J connectivity index is 0.000000438. The average Bonchev–Trinajstić information content (AvgIpc) is 2.94. The van der Waals surface area contributed by atoms with E-state index in [1.807, 2.05) is 13.8 Å². The van der Waals surface area contributed by atoms with Gasteiger partial charge in [-0.15, -0.1) is 0 Å². The third kappa shape index (κ3) is 5.63. The number of aliphatic hydroxyl groups excluding tert-OH is 2. The second-order valence-electron chi connectivity index (χ2n) is 10.3. The summed E-state index contributed by atoms with van der Waals surface area (Å²) in [4.78, 5) is 26.6. The minimum Gasteiger partial charge on any atom is -0.507 e. The summed E-state index contributed by atoms with van der Waals surface area (Å²) in [5.41, 5.74) is 4.19. The summed E-state index contributed by atoms with van der Waals surface area (Å²) in [5.74, 6) is -1.59. The van der Waals surface area contributed by atoms with E-state index < -0.39 is 17.9 Å². The zero-order valence-corrected chi connectivity index (χ0v) is 22.5. The van der Waals surface area contributed by atoms with Crippen molar-refractivity contribution >= 4 is 17.3 Å². The molecule has 10 nitrogen and oxygen atoms in total. The van der Waals surface area contributed by atoms with E-state index in [1.54, 1.807) is 12.1 Å². The molecule has 0 bridgehead atoms. The lowest BCUT2D eigenvalue weighted by Crippen LogP contribution is -2.30. The van der Waals surface area contributed by atoms with Crippen LogP contribution in [-0.2, 0) is 17.6 Å². The van der Waals surface area contributed by atoms with Gasteiger partial charge in [0.05, 0.1) is 36.1 Å². The van der Waals surface area contributed by atoms with Crippen molar-refractivity contribution in [2.75, 3.05) is 20.3 Å². The third-order valence-corrected chi connectivity index (χ3v) is 7.28. The van der Waals surface area contributed by atoms with E-state index in [4.69, 9.17) is 14.6 Å². The molecular weight excluding hydrogens is 504 g/mol. The van der Waals surface area contributed by atoms with Gasteiger partial charge in [0.1, 0.15) is 17.2 Å². The first-order valence-corrected chi connectivity index (χ1v) is 13.3. The van der Waals surface area contributed by atoms with Gasteiger partial charge < -0.3 is 35.3 Å². The van der Waals surface area contributed by atoms with Crippen LogP contribution in [0, 0.1) is 5.92 Å². The maximum Gasteiger partial charge on any atom is 0.202 e. The monoisotopic (exact) mass is 540 g/mol. The molecule has 2 aromatic carbocycles. The summed E-state index contributed by atoms with van der Waals surface area (Å²) in [6.45, 7) is 4.35. The topological polar surface area (TPSA) is 158 Å². The van der Waals surface area contributed by atoms with Crippen molar-refractivity contribution in [2.45, 2.75) is 64.7 Å². The molecule has 10 heteroatoms. The lowest BCUT2D eigenvalue weighted by Gasteiger charge is -2.30. The van der Waals surface area contributed by atoms with Gasteiger partial charge in [-0.1, -0.05) is 12.1 Å². The maximum absolute atomic E-state index is 13.3. The molecule has 5 rings (SSSR count). The number of hydrogen-bond donors (Lipinski definition) is 5. The molecule has 2 atom stereocenters. The number of nitrogens with zero attached hydrogens (tertiary/aromatic N) is 1. The first-order chi connectivity index (χ1) is 18.7. The van der Waals surface area contributed by atoms with Crippen LogP contribution in [0.2, 0.25) is 0 Å². The molecule has 0 saturated carbocycles. The number of aliphatic hydroxyl groups is 2. The molecule has 1 heterocycles. The Hall–Kier alpha value is -3.47. The fraction of sp³-hybridized carbons (Fsp3) is 0.483. The number of rotatable bonds is 5. The molecule has 1 unspecified atom stereocenters. The summed E-state index contributed by atoms with van der Waals surface area (Å²) in [6.07, 6.45) is 3.80. The van der Waals surface area contributed by atoms with E-state index in [0.717, 1.165) is 25.9 Å². The normalized spacial score (nSPS) is 20.4. The van der Waals surface area contributed by atoms with E-state index in [9.17, 15) is 24.9 Å². The van der Waals surface area contributed by atoms with Crippen LogP contribution >= 0.6 is 0 Å². The average molecular weight is 541 g/mol. The quantitative estimate of drug-likeness (QED) is 0.186. The number of benzene rings is 2. The lowest BCUT2D eigenvalue weighted by molar-refractivity contribution is -0.123. The lowest BCUT2D eigenvalue weighted by atomic mass is 9.74. The molecule has 2 aliphatic carbocycles. The number of carbonyl (C=O) groups excluding carboxylic acids is 2. The number of hydrogen-bond acceptors (Lipinski definition) is 10. The standard InChI is InChI=1S/C24H26N2O6.C5H10O2/c1-11(2)25-26-16(10-27)12-7-8-13-15(9-12)23(30)19-20(21(13)28)24(31)18-14(22(19)29)5-4-6-17(18)32-3;6-5-3-1-2-4-7-5/h4-6,11-12,25,27-28,30H,7-10H2,1-3H3;5-6H,1-4H2/b26-16-;/t12-;/m0./s1. The molecule has 1 saturated heterocycles. The molecule has 0 amide bonds. The number of phenolic OH excluding ortho intramolecular Hbond substituents is 2. The first kappa shape index (κ1) is 28.5. The predicted molar refractivity (Wildman–Crippen MR) is 144 cm³/mol. The second-order valence-corrected chi connectivity index (χ2v) is 10.3. The molecule has 39 heavy (non-hydrogen) atoms. The largest absolute Gasteiger partial charge is 0.507 e. The summed E-state index contributed by atoms with van der Waals surface area (Å²) in [5, 5.41) is 44.9. The van der Waals surface area contributed by atoms with Crippen molar-refractivity contribution in [3.05, 3.63) is 51.6 Å². The van der Waals surface area contributed by atoms with Crippen molar-refractivity contribution in [1.82, 2.24) is 5.43 Å². The molecule has 210 valence electrons. The summed E-state index contributed by atoms with van der Waals surface area (Å²) >= 11 is 0. The van der Waals surface area contributed by atoms with Crippen LogP contribution < -0.4 is 10.2 Å². The number of ketones is 2. The number of phenols is 2. The van der Waals surface area contributed by atoms with Crippen LogP contribution in [0.5, 0.6) is 17.2 Å². The van der Waals surface area contributed by atoms with Crippen LogP contribution in [0.25, 0.3) is 0 Å². The van der Waals surface area contributed by atoms with Crippen LogP contribution in [0.1, 0.15) is 82.5 Å². The van der Waals surface area contributed by atoms with Crippen molar-refractivity contribution < 1.29 is 39.5 Å². The minimum atomic E-state index is -0.552. The number of aromatic hydroxyl groups is 2. The van der Waals surface area contributed by atoms with Crippen molar-refractivity contribution in [3.8, 4) is 17.2 Å². The highest BCUT2D eigenvalue weighted by Crippen LogP contribution is 2.47. The molecule has 3 aliphatic rings. The zero-order valence-electron chi connectivity index (χ0n) is 22.5. The van der Waals surface area contributed by atoms with Crippen molar-refractivity contribution in [3.63, 3.8) is 0 Å². The van der Waals surface area contributed by atoms with Crippen LogP contribution in [0.15, 0.2) is 23.3 Å². The van der Waals surface area contributed by atoms with Gasteiger partial charge in [-0.25, -0.2) is 0 Å². The number of hydrazone groups is 1. The van der Waals surface area contributed by atoms with Crippen molar-refractivity contribution in [1.29, 1.82) is 0 Å². The fourth-order valence-corrected chi connectivity index (χ4v) is 5.28. The Kier molecular flexibility index (Phi) is 8.89. The number of fused-ring (bicyclic) bond motifs is 3. The Labute approximate surface area is 227 Å². The Morgan fingerprint density at radius 2 is 1.79 bits per heavy atom. The molecule has 1 fully saturated rings. The number of methoxy groups -OCH3 is 1. The van der Waals surface area contributed by atoms with Crippen LogP contribution in [0.4, 0.5) is 0 Å². The van der Waals surface area contributed by atoms with E-state index in [0.29, 0.717) is 29.7 Å². The van der Waals surface area contributed by atoms with Gasteiger partial charge in [0.15, 0.2) is 12.1 Å². The Bertz CT molecular complexity index is 1280. The Morgan fingerprint density at radius 3 is 2.38 bits per heavy atom. The Morgan fingerprint density at radius 1 is 1.08 bits per heavy atom. The molecule has 0 aromatic heterocycles. The molecule has 2 aromatic rings. The van der Waals surface area contributed by atoms with Gasteiger partial charge in [0.25, 0.3) is 0 Å². The minimum absolute atomic E-state index is 0.0882. The fourth-order valence-electron chi connectivity index (χ4n) is 5.28. The first-order valence-electron chi connectivity index (χ1n) is 13.3. The van der Waals surface area contributed by atoms with E-state index in [-0.39, 0.29) is 64.5 Å². The number of ether oxygens (including phenoxy) is 2. The maximum atomic E-state index is 13.3. The molecule has 0 spiro atoms.